The largest absolute Gasteiger partial charge is 0.387 e. The number of rotatable bonds is 0. The summed E-state index contributed by atoms with van der Waals surface area (Å²) in [7, 11) is 0. The molecule has 2 unspecified atom stereocenters. The summed E-state index contributed by atoms with van der Waals surface area (Å²) in [5.41, 5.74) is 3.55. The molecule has 2 nitrogen and oxygen atoms in total. The van der Waals surface area contributed by atoms with Gasteiger partial charge in [0, 0.05) is 5.70 Å². The number of hydrogen-bond donors (Lipinski definition) is 2. The number of hydrogen-bond acceptors (Lipinski definition) is 2. The molecule has 0 saturated heterocycles. The molecule has 1 radical (unpaired) electrons. The molecule has 1 aliphatic heterocycles. The molecule has 2 heteroatoms. The summed E-state index contributed by atoms with van der Waals surface area (Å²) < 4.78 is 0. The number of aliphatic hydroxyl groups excluding tert-OH is 1. The summed E-state index contributed by atoms with van der Waals surface area (Å²) in [6.45, 7) is 0. The highest BCUT2D eigenvalue weighted by molar-refractivity contribution is 5.46. The first kappa shape index (κ1) is 8.98. The maximum absolute atomic E-state index is 9.89. The van der Waals surface area contributed by atoms with Crippen molar-refractivity contribution in [3.05, 3.63) is 47.2 Å². The van der Waals surface area contributed by atoms with Gasteiger partial charge in [0.1, 0.15) is 0 Å². The van der Waals surface area contributed by atoms with E-state index in [2.05, 4.69) is 23.5 Å². The lowest BCUT2D eigenvalue weighted by Crippen LogP contribution is -2.39. The van der Waals surface area contributed by atoms with Gasteiger partial charge in [0.2, 0.25) is 0 Å². The predicted molar refractivity (Wildman–Crippen MR) is 58.8 cm³/mol. The minimum atomic E-state index is -0.306. The molecule has 0 aromatic rings. The average molecular weight is 200 g/mol. The topological polar surface area (TPSA) is 32.3 Å². The molecule has 3 aliphatic rings. The summed E-state index contributed by atoms with van der Waals surface area (Å²) in [5, 5.41) is 13.3. The van der Waals surface area contributed by atoms with Crippen molar-refractivity contribution in [2.75, 3.05) is 0 Å². The molecule has 2 atom stereocenters. The van der Waals surface area contributed by atoms with Gasteiger partial charge in [-0.2, -0.15) is 0 Å². The number of aliphatic hydroxyl groups is 1. The zero-order valence-corrected chi connectivity index (χ0v) is 8.53. The van der Waals surface area contributed by atoms with Crippen molar-refractivity contribution in [2.45, 2.75) is 31.4 Å². The van der Waals surface area contributed by atoms with Gasteiger partial charge in [-0.1, -0.05) is 24.3 Å². The maximum Gasteiger partial charge on any atom is 0.0937 e. The molecule has 0 aromatic heterocycles. The van der Waals surface area contributed by atoms with Crippen LogP contribution in [0.1, 0.15) is 19.3 Å². The van der Waals surface area contributed by atoms with Crippen molar-refractivity contribution < 1.29 is 5.11 Å². The second-order valence-corrected chi connectivity index (χ2v) is 4.26. The normalized spacial score (nSPS) is 33.0. The van der Waals surface area contributed by atoms with E-state index in [1.165, 1.54) is 11.1 Å². The second-order valence-electron chi connectivity index (χ2n) is 4.26. The Morgan fingerprint density at radius 2 is 2.40 bits per heavy atom. The molecule has 0 amide bonds. The van der Waals surface area contributed by atoms with E-state index in [0.29, 0.717) is 0 Å². The summed E-state index contributed by atoms with van der Waals surface area (Å²) >= 11 is 0. The Kier molecular flexibility index (Phi) is 2.03. The second kappa shape index (κ2) is 3.38. The summed E-state index contributed by atoms with van der Waals surface area (Å²) in [6.07, 6.45) is 14.2. The van der Waals surface area contributed by atoms with E-state index >= 15 is 0 Å². The van der Waals surface area contributed by atoms with E-state index in [9.17, 15) is 5.11 Å². The van der Waals surface area contributed by atoms with Gasteiger partial charge in [-0.3, -0.25) is 0 Å². The third-order valence-electron chi connectivity index (χ3n) is 3.22. The third kappa shape index (κ3) is 1.45. The number of fused-ring (bicyclic) bond motifs is 1. The smallest absolute Gasteiger partial charge is 0.0937 e. The van der Waals surface area contributed by atoms with Crippen LogP contribution in [-0.2, 0) is 0 Å². The van der Waals surface area contributed by atoms with Crippen molar-refractivity contribution in [1.29, 1.82) is 0 Å². The number of nitrogens with one attached hydrogen (secondary N) is 1. The minimum Gasteiger partial charge on any atom is -0.387 e. The SMILES string of the molecule is OC1CCCC2=C1NC1[C]=CC=CC1=C2. The van der Waals surface area contributed by atoms with Gasteiger partial charge in [-0.15, -0.1) is 0 Å². The standard InChI is InChI=1S/C13H14NO/c15-12-7-3-5-10-8-9-4-1-2-6-11(9)14-13(10)12/h1-2,4,8,11-12,14-15H,3,5,7H2. The van der Waals surface area contributed by atoms with Crippen LogP contribution in [0.25, 0.3) is 0 Å². The van der Waals surface area contributed by atoms with E-state index in [1.807, 2.05) is 12.2 Å². The van der Waals surface area contributed by atoms with Crippen LogP contribution < -0.4 is 5.32 Å². The monoisotopic (exact) mass is 200 g/mol. The quantitative estimate of drug-likeness (QED) is 0.622. The van der Waals surface area contributed by atoms with Gasteiger partial charge in [0.25, 0.3) is 0 Å². The Balaban J connectivity index is 2.00. The van der Waals surface area contributed by atoms with E-state index < -0.39 is 0 Å². The molecule has 15 heavy (non-hydrogen) atoms. The van der Waals surface area contributed by atoms with Gasteiger partial charge in [0.05, 0.1) is 12.1 Å². The third-order valence-corrected chi connectivity index (χ3v) is 3.22. The molecule has 0 aromatic carbocycles. The van der Waals surface area contributed by atoms with Crippen LogP contribution in [-0.4, -0.2) is 17.3 Å². The molecular formula is C13H14NO. The highest BCUT2D eigenvalue weighted by Gasteiger charge is 2.27. The fraction of sp³-hybridized carbons (Fsp3) is 0.385. The molecule has 3 rings (SSSR count). The zero-order valence-electron chi connectivity index (χ0n) is 8.53. The molecule has 0 spiro atoms. The summed E-state index contributed by atoms with van der Waals surface area (Å²) in [4.78, 5) is 0. The van der Waals surface area contributed by atoms with Crippen LogP contribution in [0.2, 0.25) is 0 Å². The van der Waals surface area contributed by atoms with E-state index in [0.717, 1.165) is 25.0 Å². The Labute approximate surface area is 89.7 Å². The van der Waals surface area contributed by atoms with Crippen molar-refractivity contribution in [1.82, 2.24) is 5.32 Å². The van der Waals surface area contributed by atoms with Gasteiger partial charge in [-0.05, 0) is 36.5 Å². The molecule has 1 heterocycles. The number of allylic oxidation sites excluding steroid dienone is 4. The molecular weight excluding hydrogens is 186 g/mol. The molecule has 77 valence electrons. The summed E-state index contributed by atoms with van der Waals surface area (Å²) in [5.74, 6) is 0. The van der Waals surface area contributed by atoms with Gasteiger partial charge < -0.3 is 10.4 Å². The predicted octanol–water partition coefficient (Wildman–Crippen LogP) is 1.61. The van der Waals surface area contributed by atoms with Crippen LogP contribution in [0, 0.1) is 6.08 Å². The first-order chi connectivity index (χ1) is 7.34. The first-order valence-corrected chi connectivity index (χ1v) is 5.50. The Bertz CT molecular complexity index is 401. The lowest BCUT2D eigenvalue weighted by Gasteiger charge is -2.33. The van der Waals surface area contributed by atoms with Crippen molar-refractivity contribution >= 4 is 0 Å². The average Bonchev–Trinajstić information content (AvgIpc) is 2.27. The van der Waals surface area contributed by atoms with Crippen LogP contribution in [0.15, 0.2) is 41.1 Å². The van der Waals surface area contributed by atoms with Crippen molar-refractivity contribution in [2.24, 2.45) is 0 Å². The van der Waals surface area contributed by atoms with Crippen LogP contribution in [0.3, 0.4) is 0 Å². The Morgan fingerprint density at radius 1 is 1.47 bits per heavy atom. The van der Waals surface area contributed by atoms with Gasteiger partial charge in [0.15, 0.2) is 0 Å². The fourth-order valence-corrected chi connectivity index (χ4v) is 2.43. The molecule has 0 bridgehead atoms. The van der Waals surface area contributed by atoms with Crippen molar-refractivity contribution in [3.63, 3.8) is 0 Å². The highest BCUT2D eigenvalue weighted by atomic mass is 16.3. The van der Waals surface area contributed by atoms with E-state index in [-0.39, 0.29) is 12.1 Å². The van der Waals surface area contributed by atoms with Gasteiger partial charge in [-0.25, -0.2) is 0 Å². The lowest BCUT2D eigenvalue weighted by atomic mass is 9.86. The van der Waals surface area contributed by atoms with E-state index in [4.69, 9.17) is 0 Å². The molecule has 2 aliphatic carbocycles. The minimum absolute atomic E-state index is 0.140. The van der Waals surface area contributed by atoms with Gasteiger partial charge >= 0.3 is 0 Å². The lowest BCUT2D eigenvalue weighted by molar-refractivity contribution is 0.178. The Hall–Kier alpha value is -1.28. The molecule has 0 fully saturated rings. The van der Waals surface area contributed by atoms with Crippen LogP contribution in [0.4, 0.5) is 0 Å². The zero-order chi connectivity index (χ0) is 10.3. The van der Waals surface area contributed by atoms with E-state index in [1.54, 1.807) is 0 Å². The number of dihydropyridines is 1. The van der Waals surface area contributed by atoms with Crippen molar-refractivity contribution in [3.8, 4) is 0 Å². The summed E-state index contributed by atoms with van der Waals surface area (Å²) in [6, 6.07) is 0.140. The first-order valence-electron chi connectivity index (χ1n) is 5.50. The van der Waals surface area contributed by atoms with Crippen LogP contribution >= 0.6 is 0 Å². The highest BCUT2D eigenvalue weighted by Crippen LogP contribution is 2.31. The maximum atomic E-state index is 9.89. The molecule has 2 N–H and O–H groups in total. The molecule has 0 saturated carbocycles. The van der Waals surface area contributed by atoms with Crippen LogP contribution in [0.5, 0.6) is 0 Å². The fourth-order valence-electron chi connectivity index (χ4n) is 2.43. The Morgan fingerprint density at radius 3 is 3.33 bits per heavy atom.